The summed E-state index contributed by atoms with van der Waals surface area (Å²) in [5, 5.41) is 3.72. The van der Waals surface area contributed by atoms with Gasteiger partial charge in [-0.2, -0.15) is 0 Å². The van der Waals surface area contributed by atoms with Gasteiger partial charge in [0.25, 0.3) is 5.91 Å². The highest BCUT2D eigenvalue weighted by Gasteiger charge is 2.26. The van der Waals surface area contributed by atoms with E-state index < -0.39 is 0 Å². The van der Waals surface area contributed by atoms with Gasteiger partial charge in [-0.15, -0.1) is 0 Å². The van der Waals surface area contributed by atoms with Gasteiger partial charge >= 0.3 is 0 Å². The van der Waals surface area contributed by atoms with Crippen molar-refractivity contribution in [1.29, 1.82) is 0 Å². The predicted molar refractivity (Wildman–Crippen MR) is 112 cm³/mol. The zero-order valence-electron chi connectivity index (χ0n) is 16.6. The molecule has 1 unspecified atom stereocenters. The van der Waals surface area contributed by atoms with Crippen molar-refractivity contribution in [2.45, 2.75) is 25.9 Å². The fourth-order valence-electron chi connectivity index (χ4n) is 3.90. The van der Waals surface area contributed by atoms with Crippen LogP contribution in [0.2, 0.25) is 5.02 Å². The number of aryl methyl sites for hydroxylation is 1. The van der Waals surface area contributed by atoms with E-state index in [1.807, 2.05) is 31.2 Å². The summed E-state index contributed by atoms with van der Waals surface area (Å²) in [6.07, 6.45) is 3.83. The molecule has 0 bridgehead atoms. The number of hydrogen-bond donors (Lipinski definition) is 1. The van der Waals surface area contributed by atoms with Crippen molar-refractivity contribution < 1.29 is 14.3 Å². The zero-order valence-corrected chi connectivity index (χ0v) is 17.3. The van der Waals surface area contributed by atoms with Crippen LogP contribution in [0.25, 0.3) is 0 Å². The lowest BCUT2D eigenvalue weighted by Gasteiger charge is -2.35. The van der Waals surface area contributed by atoms with Crippen LogP contribution < -0.4 is 14.8 Å². The Bertz CT molecular complexity index is 868. The Kier molecular flexibility index (Phi) is 6.21. The Hall–Kier alpha value is -2.31. The maximum absolute atomic E-state index is 12.4. The normalized spacial score (nSPS) is 19.7. The van der Waals surface area contributed by atoms with Crippen LogP contribution in [0.3, 0.4) is 0 Å². The van der Waals surface area contributed by atoms with Gasteiger partial charge in [-0.3, -0.25) is 14.7 Å². The van der Waals surface area contributed by atoms with E-state index in [2.05, 4.69) is 15.2 Å². The van der Waals surface area contributed by atoms with Gasteiger partial charge in [-0.05, 0) is 63.0 Å². The molecule has 2 aliphatic heterocycles. The molecule has 7 heteroatoms. The highest BCUT2D eigenvalue weighted by Crippen LogP contribution is 2.34. The number of halogens is 1. The second kappa shape index (κ2) is 9.01. The van der Waals surface area contributed by atoms with Crippen LogP contribution in [-0.4, -0.2) is 54.7 Å². The maximum atomic E-state index is 12.4. The molecular formula is C22H26ClN3O3. The van der Waals surface area contributed by atoms with Crippen LogP contribution in [0.4, 0.5) is 0 Å². The third-order valence-corrected chi connectivity index (χ3v) is 5.83. The second-order valence-corrected chi connectivity index (χ2v) is 8.17. The van der Waals surface area contributed by atoms with E-state index in [-0.39, 0.29) is 12.0 Å². The minimum absolute atomic E-state index is 0.00535. The van der Waals surface area contributed by atoms with Crippen LogP contribution in [0.1, 0.15) is 28.9 Å². The molecule has 6 nitrogen and oxygen atoms in total. The first-order valence-electron chi connectivity index (χ1n) is 10.1. The molecule has 0 radical (unpaired) electrons. The van der Waals surface area contributed by atoms with Crippen LogP contribution in [-0.2, 0) is 0 Å². The number of nitrogens with zero attached hydrogens (tertiary/aromatic N) is 2. The molecule has 0 spiro atoms. The SMILES string of the molecule is Cc1ncccc1C(=O)NCC1CCN(CC2COc3ccc(Cl)cc3O2)CC1. The average Bonchev–Trinajstić information content (AvgIpc) is 2.73. The first-order chi connectivity index (χ1) is 14.1. The number of nitrogens with one attached hydrogen (secondary N) is 1. The average molecular weight is 416 g/mol. The molecule has 2 aromatic rings. The molecule has 1 N–H and O–H groups in total. The number of carbonyl (C=O) groups excluding carboxylic acids is 1. The van der Waals surface area contributed by atoms with E-state index in [1.165, 1.54) is 0 Å². The molecule has 154 valence electrons. The van der Waals surface area contributed by atoms with Gasteiger partial charge in [0.15, 0.2) is 11.5 Å². The predicted octanol–water partition coefficient (Wildman–Crippen LogP) is 3.33. The Morgan fingerprint density at radius 1 is 1.28 bits per heavy atom. The summed E-state index contributed by atoms with van der Waals surface area (Å²) in [7, 11) is 0. The summed E-state index contributed by atoms with van der Waals surface area (Å²) in [5.41, 5.74) is 1.41. The molecule has 1 fully saturated rings. The molecule has 0 aliphatic carbocycles. The maximum Gasteiger partial charge on any atom is 0.253 e. The van der Waals surface area contributed by atoms with Crippen molar-refractivity contribution in [3.8, 4) is 11.5 Å². The molecule has 29 heavy (non-hydrogen) atoms. The molecule has 3 heterocycles. The summed E-state index contributed by atoms with van der Waals surface area (Å²) in [4.78, 5) is 19.0. The standard InChI is InChI=1S/C22H26ClN3O3/c1-15-19(3-2-8-24-15)22(27)25-12-16-6-9-26(10-7-16)13-18-14-28-20-5-4-17(23)11-21(20)29-18/h2-5,8,11,16,18H,6-7,9-10,12-14H2,1H3,(H,25,27). The number of hydrogen-bond acceptors (Lipinski definition) is 5. The van der Waals surface area contributed by atoms with Gasteiger partial charge in [0.2, 0.25) is 0 Å². The van der Waals surface area contributed by atoms with E-state index in [0.29, 0.717) is 29.7 Å². The van der Waals surface area contributed by atoms with E-state index in [0.717, 1.165) is 49.7 Å². The van der Waals surface area contributed by atoms with Crippen molar-refractivity contribution >= 4 is 17.5 Å². The minimum Gasteiger partial charge on any atom is -0.486 e. The summed E-state index contributed by atoms with van der Waals surface area (Å²) >= 11 is 6.05. The van der Waals surface area contributed by atoms with Gasteiger partial charge in [0, 0.05) is 36.1 Å². The number of fused-ring (bicyclic) bond motifs is 1. The molecule has 0 saturated carbocycles. The van der Waals surface area contributed by atoms with Crippen molar-refractivity contribution in [2.75, 3.05) is 32.8 Å². The fourth-order valence-corrected chi connectivity index (χ4v) is 4.06. The molecule has 1 amide bonds. The molecule has 1 aromatic heterocycles. The molecular weight excluding hydrogens is 390 g/mol. The van der Waals surface area contributed by atoms with Crippen LogP contribution >= 0.6 is 11.6 Å². The molecule has 1 aromatic carbocycles. The smallest absolute Gasteiger partial charge is 0.253 e. The summed E-state index contributed by atoms with van der Waals surface area (Å²) in [6, 6.07) is 9.08. The molecule has 2 aliphatic rings. The number of benzene rings is 1. The number of piperidine rings is 1. The number of carbonyl (C=O) groups is 1. The fraction of sp³-hybridized carbons (Fsp3) is 0.455. The lowest BCUT2D eigenvalue weighted by molar-refractivity contribution is 0.0476. The number of likely N-dealkylation sites (tertiary alicyclic amines) is 1. The Morgan fingerprint density at radius 2 is 2.10 bits per heavy atom. The third-order valence-electron chi connectivity index (χ3n) is 5.60. The highest BCUT2D eigenvalue weighted by atomic mass is 35.5. The summed E-state index contributed by atoms with van der Waals surface area (Å²) < 4.78 is 11.9. The quantitative estimate of drug-likeness (QED) is 0.811. The zero-order chi connectivity index (χ0) is 20.2. The monoisotopic (exact) mass is 415 g/mol. The van der Waals surface area contributed by atoms with Crippen LogP contribution in [0.15, 0.2) is 36.5 Å². The Balaban J connectivity index is 1.21. The number of ether oxygens (including phenoxy) is 2. The number of amides is 1. The number of rotatable bonds is 5. The highest BCUT2D eigenvalue weighted by molar-refractivity contribution is 6.30. The van der Waals surface area contributed by atoms with Gasteiger partial charge < -0.3 is 14.8 Å². The van der Waals surface area contributed by atoms with Crippen molar-refractivity contribution in [2.24, 2.45) is 5.92 Å². The number of aromatic nitrogens is 1. The third kappa shape index (κ3) is 5.00. The molecule has 1 atom stereocenters. The summed E-state index contributed by atoms with van der Waals surface area (Å²) in [5.74, 6) is 1.93. The van der Waals surface area contributed by atoms with E-state index in [9.17, 15) is 4.79 Å². The minimum atomic E-state index is -0.0388. The van der Waals surface area contributed by atoms with Crippen molar-refractivity contribution in [3.63, 3.8) is 0 Å². The van der Waals surface area contributed by atoms with Gasteiger partial charge in [0.05, 0.1) is 5.56 Å². The van der Waals surface area contributed by atoms with Crippen molar-refractivity contribution in [1.82, 2.24) is 15.2 Å². The van der Waals surface area contributed by atoms with E-state index in [1.54, 1.807) is 12.3 Å². The van der Waals surface area contributed by atoms with E-state index in [4.69, 9.17) is 21.1 Å². The van der Waals surface area contributed by atoms with Crippen molar-refractivity contribution in [3.05, 3.63) is 52.8 Å². The lowest BCUT2D eigenvalue weighted by Crippen LogP contribution is -2.45. The lowest BCUT2D eigenvalue weighted by atomic mass is 9.96. The van der Waals surface area contributed by atoms with E-state index >= 15 is 0 Å². The molecule has 1 saturated heterocycles. The van der Waals surface area contributed by atoms with Gasteiger partial charge in [-0.25, -0.2) is 0 Å². The largest absolute Gasteiger partial charge is 0.486 e. The molecule has 4 rings (SSSR count). The topological polar surface area (TPSA) is 63.7 Å². The Morgan fingerprint density at radius 3 is 2.90 bits per heavy atom. The Labute approximate surface area is 176 Å². The van der Waals surface area contributed by atoms with Crippen LogP contribution in [0.5, 0.6) is 11.5 Å². The number of pyridine rings is 1. The van der Waals surface area contributed by atoms with Crippen LogP contribution in [0, 0.1) is 12.8 Å². The van der Waals surface area contributed by atoms with Gasteiger partial charge in [-0.1, -0.05) is 11.6 Å². The first kappa shape index (κ1) is 20.0. The summed E-state index contributed by atoms with van der Waals surface area (Å²) in [6.45, 7) is 5.94. The first-order valence-corrected chi connectivity index (χ1v) is 10.5. The second-order valence-electron chi connectivity index (χ2n) is 7.73. The van der Waals surface area contributed by atoms with Gasteiger partial charge in [0.1, 0.15) is 12.7 Å².